The minimum Gasteiger partial charge on any atom is -0.489 e. The van der Waals surface area contributed by atoms with Crippen LogP contribution in [0.4, 0.5) is 5.69 Å². The predicted octanol–water partition coefficient (Wildman–Crippen LogP) is 4.91. The monoisotopic (exact) mass is 357 g/mol. The Labute approximate surface area is 154 Å². The molecule has 132 valence electrons. The number of hydrogen-bond acceptors (Lipinski definition) is 4. The van der Waals surface area contributed by atoms with Gasteiger partial charge in [-0.05, 0) is 60.5 Å². The molecule has 0 aliphatic rings. The molecule has 0 heterocycles. The molecule has 0 aromatic heterocycles. The second-order valence-electron chi connectivity index (χ2n) is 5.62. The molecule has 25 heavy (non-hydrogen) atoms. The molecule has 1 N–H and O–H groups in total. The van der Waals surface area contributed by atoms with Gasteiger partial charge >= 0.3 is 0 Å². The fraction of sp³-hybridized carbons (Fsp3) is 0.250. The first-order chi connectivity index (χ1) is 12.0. The van der Waals surface area contributed by atoms with Crippen molar-refractivity contribution < 1.29 is 14.7 Å². The van der Waals surface area contributed by atoms with Gasteiger partial charge in [0.2, 0.25) is 0 Å². The van der Waals surface area contributed by atoms with Crippen molar-refractivity contribution in [3.8, 4) is 5.75 Å². The Bertz CT molecular complexity index is 774. The Hall–Kier alpha value is -2.37. The second kappa shape index (κ2) is 8.65. The standard InChI is InChI=1S/C20H23NO3S/c1-5-15-8-10-19(14(3)11-15)24-13-17-12-16(6-2)7-9-18(17)21(22)20(25)23-4/h6-12,22H,2,5,13H2,1,3-4H3. The summed E-state index contributed by atoms with van der Waals surface area (Å²) in [5.41, 5.74) is 4.57. The van der Waals surface area contributed by atoms with Crippen LogP contribution in [-0.4, -0.2) is 17.5 Å². The molecule has 0 aliphatic carbocycles. The highest BCUT2D eigenvalue weighted by Crippen LogP contribution is 2.26. The molecule has 2 aromatic carbocycles. The number of aryl methyl sites for hydroxylation is 2. The summed E-state index contributed by atoms with van der Waals surface area (Å²) in [6, 6.07) is 11.7. The molecule has 0 bridgehead atoms. The number of rotatable bonds is 6. The van der Waals surface area contributed by atoms with Crippen LogP contribution >= 0.6 is 12.2 Å². The third-order valence-electron chi connectivity index (χ3n) is 3.95. The van der Waals surface area contributed by atoms with E-state index in [-0.39, 0.29) is 11.8 Å². The SMILES string of the molecule is C=Cc1ccc(N(O)C(=S)OC)c(COc2ccc(CC)cc2C)c1. The zero-order valence-corrected chi connectivity index (χ0v) is 15.6. The van der Waals surface area contributed by atoms with E-state index in [9.17, 15) is 5.21 Å². The Kier molecular flexibility index (Phi) is 6.56. The lowest BCUT2D eigenvalue weighted by atomic mass is 10.1. The van der Waals surface area contributed by atoms with Gasteiger partial charge in [-0.2, -0.15) is 5.06 Å². The molecular formula is C20H23NO3S. The molecule has 0 saturated heterocycles. The van der Waals surface area contributed by atoms with Crippen LogP contribution in [0.2, 0.25) is 0 Å². The second-order valence-corrected chi connectivity index (χ2v) is 5.97. The molecule has 2 rings (SSSR count). The molecule has 0 amide bonds. The van der Waals surface area contributed by atoms with Crippen LogP contribution in [0.1, 0.15) is 29.2 Å². The topological polar surface area (TPSA) is 41.9 Å². The first kappa shape index (κ1) is 19.0. The molecule has 0 radical (unpaired) electrons. The van der Waals surface area contributed by atoms with Crippen molar-refractivity contribution in [2.24, 2.45) is 0 Å². The van der Waals surface area contributed by atoms with Gasteiger partial charge < -0.3 is 9.47 Å². The van der Waals surface area contributed by atoms with Gasteiger partial charge in [0, 0.05) is 5.56 Å². The van der Waals surface area contributed by atoms with Gasteiger partial charge in [-0.15, -0.1) is 0 Å². The first-order valence-corrected chi connectivity index (χ1v) is 8.45. The summed E-state index contributed by atoms with van der Waals surface area (Å²) in [7, 11) is 1.42. The van der Waals surface area contributed by atoms with Gasteiger partial charge in [0.05, 0.1) is 12.8 Å². The number of hydroxylamine groups is 1. The van der Waals surface area contributed by atoms with E-state index < -0.39 is 0 Å². The largest absolute Gasteiger partial charge is 0.489 e. The van der Waals surface area contributed by atoms with Crippen LogP contribution in [0.25, 0.3) is 6.08 Å². The number of benzene rings is 2. The van der Waals surface area contributed by atoms with Gasteiger partial charge in [-0.3, -0.25) is 5.21 Å². The van der Waals surface area contributed by atoms with E-state index in [0.717, 1.165) is 33.9 Å². The summed E-state index contributed by atoms with van der Waals surface area (Å²) in [6.45, 7) is 8.21. The quantitative estimate of drug-likeness (QED) is 0.588. The summed E-state index contributed by atoms with van der Waals surface area (Å²) in [5.74, 6) is 0.811. The maximum absolute atomic E-state index is 10.2. The number of ether oxygens (including phenoxy) is 2. The lowest BCUT2D eigenvalue weighted by Crippen LogP contribution is -2.27. The van der Waals surface area contributed by atoms with Crippen molar-refractivity contribution in [3.05, 3.63) is 65.2 Å². The first-order valence-electron chi connectivity index (χ1n) is 8.04. The minimum atomic E-state index is -0.0314. The maximum atomic E-state index is 10.2. The third kappa shape index (κ3) is 4.59. The summed E-state index contributed by atoms with van der Waals surface area (Å²) < 4.78 is 10.9. The van der Waals surface area contributed by atoms with Crippen LogP contribution < -0.4 is 9.80 Å². The van der Waals surface area contributed by atoms with E-state index in [1.54, 1.807) is 12.1 Å². The Morgan fingerprint density at radius 3 is 2.64 bits per heavy atom. The smallest absolute Gasteiger partial charge is 0.288 e. The van der Waals surface area contributed by atoms with E-state index in [1.807, 2.05) is 25.1 Å². The van der Waals surface area contributed by atoms with E-state index in [1.165, 1.54) is 12.7 Å². The number of methoxy groups -OCH3 is 1. The normalized spacial score (nSPS) is 10.2. The molecule has 0 unspecified atom stereocenters. The predicted molar refractivity (Wildman–Crippen MR) is 105 cm³/mol. The molecular weight excluding hydrogens is 334 g/mol. The van der Waals surface area contributed by atoms with E-state index in [4.69, 9.17) is 21.7 Å². The maximum Gasteiger partial charge on any atom is 0.288 e. The summed E-state index contributed by atoms with van der Waals surface area (Å²) in [5, 5.41) is 11.0. The average Bonchev–Trinajstić information content (AvgIpc) is 2.65. The van der Waals surface area contributed by atoms with Crippen molar-refractivity contribution >= 4 is 29.2 Å². The van der Waals surface area contributed by atoms with Gasteiger partial charge in [0.25, 0.3) is 5.17 Å². The summed E-state index contributed by atoms with van der Waals surface area (Å²) in [4.78, 5) is 0. The molecule has 0 fully saturated rings. The summed E-state index contributed by atoms with van der Waals surface area (Å²) >= 11 is 5.00. The van der Waals surface area contributed by atoms with E-state index in [2.05, 4.69) is 25.6 Å². The van der Waals surface area contributed by atoms with Gasteiger partial charge in [0.15, 0.2) is 0 Å². The fourth-order valence-electron chi connectivity index (χ4n) is 2.49. The Morgan fingerprint density at radius 2 is 2.04 bits per heavy atom. The highest BCUT2D eigenvalue weighted by atomic mass is 32.1. The van der Waals surface area contributed by atoms with E-state index in [0.29, 0.717) is 5.69 Å². The summed E-state index contributed by atoms with van der Waals surface area (Å²) in [6.07, 6.45) is 2.73. The number of anilines is 1. The van der Waals surface area contributed by atoms with Crippen LogP contribution in [0, 0.1) is 6.92 Å². The number of thiocarbonyl (C=S) groups is 1. The number of nitrogens with zero attached hydrogens (tertiary/aromatic N) is 1. The fourth-order valence-corrected chi connectivity index (χ4v) is 2.59. The van der Waals surface area contributed by atoms with Crippen LogP contribution in [-0.2, 0) is 17.8 Å². The van der Waals surface area contributed by atoms with Crippen molar-refractivity contribution in [1.29, 1.82) is 0 Å². The third-order valence-corrected chi connectivity index (χ3v) is 4.29. The van der Waals surface area contributed by atoms with Crippen LogP contribution in [0.3, 0.4) is 0 Å². The van der Waals surface area contributed by atoms with Gasteiger partial charge in [0.1, 0.15) is 12.4 Å². The minimum absolute atomic E-state index is 0.0314. The zero-order chi connectivity index (χ0) is 18.4. The van der Waals surface area contributed by atoms with Crippen molar-refractivity contribution in [1.82, 2.24) is 0 Å². The molecule has 0 aliphatic heterocycles. The Morgan fingerprint density at radius 1 is 1.28 bits per heavy atom. The molecule has 2 aromatic rings. The number of hydrogen-bond donors (Lipinski definition) is 1. The van der Waals surface area contributed by atoms with Crippen molar-refractivity contribution in [2.45, 2.75) is 26.9 Å². The molecule has 0 atom stereocenters. The van der Waals surface area contributed by atoms with Gasteiger partial charge in [-0.1, -0.05) is 37.8 Å². The molecule has 0 saturated carbocycles. The van der Waals surface area contributed by atoms with Crippen molar-refractivity contribution in [3.63, 3.8) is 0 Å². The molecule has 4 nitrogen and oxygen atoms in total. The van der Waals surface area contributed by atoms with Gasteiger partial charge in [-0.25, -0.2) is 0 Å². The molecule has 5 heteroatoms. The highest BCUT2D eigenvalue weighted by Gasteiger charge is 2.15. The lowest BCUT2D eigenvalue weighted by Gasteiger charge is -2.20. The van der Waals surface area contributed by atoms with Crippen LogP contribution in [0.5, 0.6) is 5.75 Å². The van der Waals surface area contributed by atoms with Crippen molar-refractivity contribution in [2.75, 3.05) is 12.2 Å². The average molecular weight is 357 g/mol. The van der Waals surface area contributed by atoms with E-state index >= 15 is 0 Å². The zero-order valence-electron chi connectivity index (χ0n) is 14.8. The molecule has 0 spiro atoms. The highest BCUT2D eigenvalue weighted by molar-refractivity contribution is 7.80. The van der Waals surface area contributed by atoms with Crippen LogP contribution in [0.15, 0.2) is 43.0 Å². The Balaban J connectivity index is 2.28. The lowest BCUT2D eigenvalue weighted by molar-refractivity contribution is 0.264.